The third kappa shape index (κ3) is 4.28. The second-order valence-corrected chi connectivity index (χ2v) is 10.3. The second-order valence-electron chi connectivity index (χ2n) is 6.36. The highest BCUT2D eigenvalue weighted by molar-refractivity contribution is 7.91. The lowest BCUT2D eigenvalue weighted by molar-refractivity contribution is -0.118. The number of aryl methyl sites for hydroxylation is 2. The van der Waals surface area contributed by atoms with E-state index in [1.807, 2.05) is 13.8 Å². The number of hydrogen-bond acceptors (Lipinski definition) is 6. The van der Waals surface area contributed by atoms with Gasteiger partial charge in [-0.2, -0.15) is 4.72 Å². The minimum absolute atomic E-state index is 0.190. The summed E-state index contributed by atoms with van der Waals surface area (Å²) in [5.74, 6) is -0.564. The highest BCUT2D eigenvalue weighted by Crippen LogP contribution is 2.29. The molecule has 9 heteroatoms. The maximum Gasteiger partial charge on any atom is 0.250 e. The quantitative estimate of drug-likeness (QED) is 0.781. The molecule has 2 N–H and O–H groups in total. The van der Waals surface area contributed by atoms with Crippen molar-refractivity contribution in [1.29, 1.82) is 0 Å². The van der Waals surface area contributed by atoms with Crippen molar-refractivity contribution < 1.29 is 13.2 Å². The Morgan fingerprint density at radius 2 is 2.04 bits per heavy atom. The highest BCUT2D eigenvalue weighted by atomic mass is 32.2. The van der Waals surface area contributed by atoms with Crippen LogP contribution in [0.5, 0.6) is 0 Å². The summed E-state index contributed by atoms with van der Waals surface area (Å²) < 4.78 is 27.6. The summed E-state index contributed by atoms with van der Waals surface area (Å²) in [7, 11) is -3.71. The molecule has 1 amide bonds. The van der Waals surface area contributed by atoms with Gasteiger partial charge in [0.15, 0.2) is 5.13 Å². The first-order valence-electron chi connectivity index (χ1n) is 8.22. The maximum absolute atomic E-state index is 12.6. The summed E-state index contributed by atoms with van der Waals surface area (Å²) in [6.45, 7) is 3.63. The van der Waals surface area contributed by atoms with Crippen LogP contribution >= 0.6 is 22.7 Å². The van der Waals surface area contributed by atoms with Crippen molar-refractivity contribution in [2.45, 2.75) is 49.8 Å². The summed E-state index contributed by atoms with van der Waals surface area (Å²) in [5.41, 5.74) is 1.06. The van der Waals surface area contributed by atoms with Gasteiger partial charge in [0, 0.05) is 4.88 Å². The molecule has 6 nitrogen and oxygen atoms in total. The lowest BCUT2D eigenvalue weighted by Gasteiger charge is -2.20. The molecule has 0 unspecified atom stereocenters. The number of amides is 1. The Kier molecular flexibility index (Phi) is 5.57. The molecule has 0 spiro atoms. The monoisotopic (exact) mass is 399 g/mol. The Balaban J connectivity index is 1.74. The van der Waals surface area contributed by atoms with E-state index in [1.54, 1.807) is 11.4 Å². The fourth-order valence-corrected chi connectivity index (χ4v) is 6.13. The number of fused-ring (bicyclic) bond motifs is 1. The number of anilines is 1. The van der Waals surface area contributed by atoms with Gasteiger partial charge in [0.25, 0.3) is 10.0 Å². The number of nitrogens with one attached hydrogen (secondary N) is 2. The van der Waals surface area contributed by atoms with E-state index in [0.717, 1.165) is 42.7 Å². The van der Waals surface area contributed by atoms with Crippen molar-refractivity contribution in [3.05, 3.63) is 28.1 Å². The van der Waals surface area contributed by atoms with Gasteiger partial charge >= 0.3 is 0 Å². The zero-order chi connectivity index (χ0) is 18.0. The smallest absolute Gasteiger partial charge is 0.250 e. The predicted octanol–water partition coefficient (Wildman–Crippen LogP) is 3.03. The number of nitrogens with zero attached hydrogens (tertiary/aromatic N) is 1. The Hall–Kier alpha value is -1.29. The Morgan fingerprint density at radius 3 is 2.68 bits per heavy atom. The Morgan fingerprint density at radius 1 is 1.28 bits per heavy atom. The second kappa shape index (κ2) is 7.53. The van der Waals surface area contributed by atoms with Gasteiger partial charge in [-0.15, -0.1) is 22.7 Å². The maximum atomic E-state index is 12.6. The average molecular weight is 400 g/mol. The van der Waals surface area contributed by atoms with Crippen LogP contribution in [0.1, 0.15) is 37.3 Å². The Bertz CT molecular complexity index is 818. The van der Waals surface area contributed by atoms with Gasteiger partial charge in [-0.25, -0.2) is 13.4 Å². The number of rotatable bonds is 6. The van der Waals surface area contributed by atoms with Gasteiger partial charge in [-0.3, -0.25) is 4.79 Å². The molecule has 2 heterocycles. The minimum Gasteiger partial charge on any atom is -0.301 e. The molecule has 0 saturated heterocycles. The summed E-state index contributed by atoms with van der Waals surface area (Å²) in [4.78, 5) is 18.4. The third-order valence-electron chi connectivity index (χ3n) is 4.07. The number of sulfonamides is 1. The molecule has 25 heavy (non-hydrogen) atoms. The number of thiophene rings is 1. The molecule has 0 saturated carbocycles. The molecule has 136 valence electrons. The van der Waals surface area contributed by atoms with Crippen LogP contribution in [0.15, 0.2) is 21.7 Å². The SMILES string of the molecule is CC(C)[C@@H](NS(=O)(=O)c1cccs1)C(=O)Nc1nc2c(s1)CCCC2. The van der Waals surface area contributed by atoms with Crippen LogP contribution in [0.4, 0.5) is 5.13 Å². The van der Waals surface area contributed by atoms with Crippen molar-refractivity contribution in [1.82, 2.24) is 9.71 Å². The van der Waals surface area contributed by atoms with Crippen LogP contribution in [-0.2, 0) is 27.7 Å². The first kappa shape index (κ1) is 18.5. The van der Waals surface area contributed by atoms with Crippen molar-refractivity contribution >= 4 is 43.7 Å². The number of carbonyl (C=O) groups is 1. The molecule has 3 rings (SSSR count). The standard InChI is InChI=1S/C16H21N3O3S3/c1-10(2)14(19-25(21,22)13-8-5-9-23-13)15(20)18-16-17-11-6-3-4-7-12(11)24-16/h5,8-10,14,19H,3-4,6-7H2,1-2H3,(H,17,18,20)/t14-/m1/s1. The molecule has 0 radical (unpaired) electrons. The van der Waals surface area contributed by atoms with Crippen LogP contribution < -0.4 is 10.0 Å². The third-order valence-corrected chi connectivity index (χ3v) is 7.98. The van der Waals surface area contributed by atoms with Crippen LogP contribution in [0.2, 0.25) is 0 Å². The van der Waals surface area contributed by atoms with Crippen molar-refractivity contribution in [3.8, 4) is 0 Å². The lowest BCUT2D eigenvalue weighted by Crippen LogP contribution is -2.46. The van der Waals surface area contributed by atoms with Gasteiger partial charge in [0.1, 0.15) is 10.3 Å². The molecule has 0 bridgehead atoms. The van der Waals surface area contributed by atoms with Crippen LogP contribution in [0, 0.1) is 5.92 Å². The molecule has 2 aromatic heterocycles. The van der Waals surface area contributed by atoms with E-state index in [1.165, 1.54) is 22.3 Å². The van der Waals surface area contributed by atoms with Gasteiger partial charge in [-0.05, 0) is 43.0 Å². The number of thiazole rings is 1. The average Bonchev–Trinajstić information content (AvgIpc) is 3.21. The molecule has 0 fully saturated rings. The topological polar surface area (TPSA) is 88.2 Å². The van der Waals surface area contributed by atoms with E-state index in [2.05, 4.69) is 15.0 Å². The molecule has 1 aliphatic rings. The number of aromatic nitrogens is 1. The number of hydrogen-bond donors (Lipinski definition) is 2. The summed E-state index contributed by atoms with van der Waals surface area (Å²) >= 11 is 2.62. The van der Waals surface area contributed by atoms with Gasteiger partial charge in [0.05, 0.1) is 5.69 Å². The molecular formula is C16H21N3O3S3. The number of carbonyl (C=O) groups excluding carboxylic acids is 1. The van der Waals surface area contributed by atoms with Gasteiger partial charge < -0.3 is 5.32 Å². The highest BCUT2D eigenvalue weighted by Gasteiger charge is 2.29. The summed E-state index contributed by atoms with van der Waals surface area (Å²) in [6, 6.07) is 2.34. The van der Waals surface area contributed by atoms with Crippen molar-refractivity contribution in [2.24, 2.45) is 5.92 Å². The van der Waals surface area contributed by atoms with E-state index in [0.29, 0.717) is 5.13 Å². The van der Waals surface area contributed by atoms with Crippen LogP contribution in [0.25, 0.3) is 0 Å². The zero-order valence-electron chi connectivity index (χ0n) is 14.1. The van der Waals surface area contributed by atoms with E-state index >= 15 is 0 Å². The van der Waals surface area contributed by atoms with Gasteiger partial charge in [-0.1, -0.05) is 19.9 Å². The van der Waals surface area contributed by atoms with Gasteiger partial charge in [0.2, 0.25) is 5.91 Å². The first-order chi connectivity index (χ1) is 11.9. The van der Waals surface area contributed by atoms with E-state index < -0.39 is 16.1 Å². The van der Waals surface area contributed by atoms with E-state index in [9.17, 15) is 13.2 Å². The fourth-order valence-electron chi connectivity index (χ4n) is 2.72. The predicted molar refractivity (Wildman–Crippen MR) is 101 cm³/mol. The normalized spacial score (nSPS) is 15.8. The summed E-state index contributed by atoms with van der Waals surface area (Å²) in [6.07, 6.45) is 4.22. The largest absolute Gasteiger partial charge is 0.301 e. The molecule has 1 atom stereocenters. The van der Waals surface area contributed by atoms with Crippen LogP contribution in [0.3, 0.4) is 0 Å². The molecule has 2 aromatic rings. The fraction of sp³-hybridized carbons (Fsp3) is 0.500. The van der Waals surface area contributed by atoms with Crippen molar-refractivity contribution in [2.75, 3.05) is 5.32 Å². The van der Waals surface area contributed by atoms with E-state index in [4.69, 9.17) is 0 Å². The minimum atomic E-state index is -3.71. The van der Waals surface area contributed by atoms with Crippen LogP contribution in [-0.4, -0.2) is 25.4 Å². The van der Waals surface area contributed by atoms with E-state index in [-0.39, 0.29) is 16.0 Å². The Labute approximate surface area is 155 Å². The molecule has 1 aliphatic carbocycles. The summed E-state index contributed by atoms with van der Waals surface area (Å²) in [5, 5.41) is 5.04. The zero-order valence-corrected chi connectivity index (χ0v) is 16.6. The van der Waals surface area contributed by atoms with Crippen molar-refractivity contribution in [3.63, 3.8) is 0 Å². The molecular weight excluding hydrogens is 378 g/mol. The molecule has 0 aliphatic heterocycles. The lowest BCUT2D eigenvalue weighted by atomic mass is 10.0. The first-order valence-corrected chi connectivity index (χ1v) is 11.4. The molecule has 0 aromatic carbocycles.